The number of amides is 2. The van der Waals surface area contributed by atoms with Gasteiger partial charge in [0, 0.05) is 30.8 Å². The summed E-state index contributed by atoms with van der Waals surface area (Å²) in [7, 11) is 0. The van der Waals surface area contributed by atoms with Crippen molar-refractivity contribution >= 4 is 41.1 Å². The molecule has 2 aromatic heterocycles. The maximum Gasteiger partial charge on any atom is 0.246 e. The molecular formula is C21H23N5O2S. The molecule has 4 heterocycles. The molecule has 0 saturated carbocycles. The second-order valence-corrected chi connectivity index (χ2v) is 8.89. The van der Waals surface area contributed by atoms with Gasteiger partial charge in [-0.2, -0.15) is 0 Å². The number of carbonyl (C=O) groups excluding carboxylic acids is 2. The van der Waals surface area contributed by atoms with E-state index >= 15 is 0 Å². The fraction of sp³-hybridized carbons (Fsp3) is 0.381. The van der Waals surface area contributed by atoms with E-state index in [1.165, 1.54) is 16.9 Å². The molecule has 4 rings (SSSR count). The lowest BCUT2D eigenvalue weighted by atomic mass is 9.82. The van der Waals surface area contributed by atoms with Crippen molar-refractivity contribution in [3.05, 3.63) is 45.6 Å². The van der Waals surface area contributed by atoms with Crippen molar-refractivity contribution in [1.82, 2.24) is 20.1 Å². The predicted octanol–water partition coefficient (Wildman–Crippen LogP) is 3.17. The number of fused-ring (bicyclic) bond motifs is 1. The molecule has 2 amide bonds. The molecule has 0 radical (unpaired) electrons. The molecule has 0 spiro atoms. The fourth-order valence-corrected chi connectivity index (χ4v) is 4.08. The molecule has 7 nitrogen and oxygen atoms in total. The first-order chi connectivity index (χ1) is 13.9. The fourth-order valence-electron chi connectivity index (χ4n) is 3.55. The van der Waals surface area contributed by atoms with Gasteiger partial charge in [0.2, 0.25) is 11.8 Å². The Hall–Kier alpha value is -2.87. The molecule has 0 bridgehead atoms. The topological polar surface area (TPSA) is 88.1 Å². The van der Waals surface area contributed by atoms with Gasteiger partial charge >= 0.3 is 0 Å². The lowest BCUT2D eigenvalue weighted by Crippen LogP contribution is -2.37. The van der Waals surface area contributed by atoms with E-state index < -0.39 is 5.41 Å². The van der Waals surface area contributed by atoms with E-state index in [-0.39, 0.29) is 11.8 Å². The number of piperidine rings is 1. The minimum atomic E-state index is -0.458. The number of nitrogens with zero attached hydrogens (tertiary/aromatic N) is 4. The van der Waals surface area contributed by atoms with Gasteiger partial charge in [0.15, 0.2) is 0 Å². The number of pyridine rings is 1. The Morgan fingerprint density at radius 2 is 2.10 bits per heavy atom. The summed E-state index contributed by atoms with van der Waals surface area (Å²) in [6.07, 6.45) is 9.51. The Labute approximate surface area is 173 Å². The van der Waals surface area contributed by atoms with Crippen LogP contribution in [0.3, 0.4) is 0 Å². The number of carbonyl (C=O) groups is 2. The average molecular weight is 410 g/mol. The zero-order valence-electron chi connectivity index (χ0n) is 16.5. The van der Waals surface area contributed by atoms with Gasteiger partial charge in [-0.1, -0.05) is 19.4 Å². The predicted molar refractivity (Wildman–Crippen MR) is 113 cm³/mol. The normalized spacial score (nSPS) is 18.5. The maximum atomic E-state index is 12.6. The molecular weight excluding hydrogens is 386 g/mol. The SMILES string of the molecule is CC1(C)Cc2cc(/C=C/C(=O)N3CCC(=Cc4nncs4)CC3)cnc2NC1=O. The van der Waals surface area contributed by atoms with Crippen LogP contribution < -0.4 is 5.32 Å². The number of anilines is 1. The van der Waals surface area contributed by atoms with Crippen LogP contribution in [-0.2, 0) is 16.0 Å². The molecule has 1 saturated heterocycles. The summed E-state index contributed by atoms with van der Waals surface area (Å²) < 4.78 is 0. The van der Waals surface area contributed by atoms with Gasteiger partial charge in [-0.05, 0) is 48.6 Å². The molecule has 2 aliphatic heterocycles. The highest BCUT2D eigenvalue weighted by molar-refractivity contribution is 7.10. The smallest absolute Gasteiger partial charge is 0.246 e. The second-order valence-electron chi connectivity index (χ2n) is 8.03. The van der Waals surface area contributed by atoms with Crippen LogP contribution in [0.25, 0.3) is 12.2 Å². The standard InChI is InChI=1S/C21H23N5O2S/c1-21(2)11-16-9-15(12-22-19(16)24-20(21)28)3-4-18(27)26-7-5-14(6-8-26)10-17-25-23-13-29-17/h3-4,9-10,12-13H,5-8,11H2,1-2H3,(H,22,24,28)/b4-3+. The Morgan fingerprint density at radius 1 is 1.31 bits per heavy atom. The lowest BCUT2D eigenvalue weighted by molar-refractivity contribution is -0.126. The van der Waals surface area contributed by atoms with Gasteiger partial charge in [-0.15, -0.1) is 21.5 Å². The van der Waals surface area contributed by atoms with Gasteiger partial charge in [-0.25, -0.2) is 4.98 Å². The van der Waals surface area contributed by atoms with E-state index in [1.807, 2.05) is 24.8 Å². The molecule has 0 atom stereocenters. The van der Waals surface area contributed by atoms with E-state index in [0.717, 1.165) is 29.0 Å². The molecule has 0 unspecified atom stereocenters. The number of nitrogens with one attached hydrogen (secondary N) is 1. The van der Waals surface area contributed by atoms with Crippen LogP contribution in [0, 0.1) is 5.41 Å². The maximum absolute atomic E-state index is 12.6. The van der Waals surface area contributed by atoms with Crippen molar-refractivity contribution in [2.24, 2.45) is 5.41 Å². The Morgan fingerprint density at radius 3 is 2.83 bits per heavy atom. The van der Waals surface area contributed by atoms with Crippen molar-refractivity contribution in [3.63, 3.8) is 0 Å². The number of hydrogen-bond donors (Lipinski definition) is 1. The van der Waals surface area contributed by atoms with Crippen LogP contribution >= 0.6 is 11.3 Å². The summed E-state index contributed by atoms with van der Waals surface area (Å²) in [5.74, 6) is 0.607. The zero-order valence-corrected chi connectivity index (χ0v) is 17.3. The molecule has 2 aromatic rings. The van der Waals surface area contributed by atoms with Crippen LogP contribution in [0.4, 0.5) is 5.82 Å². The van der Waals surface area contributed by atoms with Gasteiger partial charge in [-0.3, -0.25) is 9.59 Å². The molecule has 0 aliphatic carbocycles. The quantitative estimate of drug-likeness (QED) is 0.787. The first kappa shape index (κ1) is 19.4. The van der Waals surface area contributed by atoms with E-state index in [4.69, 9.17) is 0 Å². The van der Waals surface area contributed by atoms with Crippen molar-refractivity contribution in [2.75, 3.05) is 18.4 Å². The lowest BCUT2D eigenvalue weighted by Gasteiger charge is -2.29. The third-order valence-electron chi connectivity index (χ3n) is 5.31. The monoisotopic (exact) mass is 409 g/mol. The highest BCUT2D eigenvalue weighted by Crippen LogP contribution is 2.32. The third kappa shape index (κ3) is 4.42. The minimum Gasteiger partial charge on any atom is -0.339 e. The Bertz CT molecular complexity index is 985. The van der Waals surface area contributed by atoms with Gasteiger partial charge in [0.05, 0.1) is 0 Å². The highest BCUT2D eigenvalue weighted by Gasteiger charge is 2.34. The van der Waals surface area contributed by atoms with E-state index in [1.54, 1.807) is 23.9 Å². The summed E-state index contributed by atoms with van der Waals surface area (Å²) in [6.45, 7) is 5.25. The number of likely N-dealkylation sites (tertiary alicyclic amines) is 1. The number of hydrogen-bond acceptors (Lipinski definition) is 6. The first-order valence-corrected chi connectivity index (χ1v) is 10.5. The molecule has 8 heteroatoms. The van der Waals surface area contributed by atoms with E-state index in [9.17, 15) is 9.59 Å². The van der Waals surface area contributed by atoms with Gasteiger partial charge in [0.25, 0.3) is 0 Å². The van der Waals surface area contributed by atoms with E-state index in [2.05, 4.69) is 26.6 Å². The van der Waals surface area contributed by atoms with Crippen LogP contribution in [0.5, 0.6) is 0 Å². The Balaban J connectivity index is 1.37. The van der Waals surface area contributed by atoms with Gasteiger partial charge < -0.3 is 10.2 Å². The summed E-state index contributed by atoms with van der Waals surface area (Å²) in [5, 5.41) is 11.7. The molecule has 0 aromatic carbocycles. The zero-order chi connectivity index (χ0) is 20.4. The van der Waals surface area contributed by atoms with Crippen molar-refractivity contribution in [1.29, 1.82) is 0 Å². The highest BCUT2D eigenvalue weighted by atomic mass is 32.1. The summed E-state index contributed by atoms with van der Waals surface area (Å²) in [5.41, 5.74) is 4.42. The summed E-state index contributed by atoms with van der Waals surface area (Å²) in [4.78, 5) is 30.8. The van der Waals surface area contributed by atoms with Crippen molar-refractivity contribution in [3.8, 4) is 0 Å². The third-order valence-corrected chi connectivity index (χ3v) is 5.95. The summed E-state index contributed by atoms with van der Waals surface area (Å²) in [6, 6.07) is 1.99. The van der Waals surface area contributed by atoms with Crippen LogP contribution in [0.2, 0.25) is 0 Å². The molecule has 2 aliphatic rings. The average Bonchev–Trinajstić information content (AvgIpc) is 3.20. The Kier molecular flexibility index (Phi) is 5.27. The molecule has 29 heavy (non-hydrogen) atoms. The number of rotatable bonds is 3. The minimum absolute atomic E-state index is 0.00585. The van der Waals surface area contributed by atoms with Crippen LogP contribution in [0.15, 0.2) is 29.4 Å². The first-order valence-electron chi connectivity index (χ1n) is 9.64. The van der Waals surface area contributed by atoms with Crippen LogP contribution in [-0.4, -0.2) is 45.0 Å². The second kappa shape index (κ2) is 7.87. The summed E-state index contributed by atoms with van der Waals surface area (Å²) >= 11 is 1.52. The van der Waals surface area contributed by atoms with E-state index in [0.29, 0.717) is 25.3 Å². The van der Waals surface area contributed by atoms with Crippen molar-refractivity contribution < 1.29 is 9.59 Å². The largest absolute Gasteiger partial charge is 0.339 e. The van der Waals surface area contributed by atoms with Crippen molar-refractivity contribution in [2.45, 2.75) is 33.1 Å². The molecule has 1 fully saturated rings. The molecule has 150 valence electrons. The number of aromatic nitrogens is 3. The van der Waals surface area contributed by atoms with Crippen LogP contribution in [0.1, 0.15) is 42.8 Å². The van der Waals surface area contributed by atoms with Gasteiger partial charge in [0.1, 0.15) is 16.3 Å². The molecule has 1 N–H and O–H groups in total.